The fraction of sp³-hybridized carbons (Fsp3) is 0.714. The van der Waals surface area contributed by atoms with Gasteiger partial charge in [0.2, 0.25) is 0 Å². The molecular formula is C14H23NS. The van der Waals surface area contributed by atoms with Crippen LogP contribution in [0.25, 0.3) is 0 Å². The zero-order chi connectivity index (χ0) is 11.4. The Hall–Kier alpha value is -0.340. The smallest absolute Gasteiger partial charge is 0.0441 e. The summed E-state index contributed by atoms with van der Waals surface area (Å²) in [5, 5.41) is 3.54. The molecular weight excluding hydrogens is 214 g/mol. The van der Waals surface area contributed by atoms with Gasteiger partial charge in [0.05, 0.1) is 0 Å². The van der Waals surface area contributed by atoms with E-state index in [9.17, 15) is 0 Å². The maximum atomic E-state index is 3.54. The molecule has 0 saturated heterocycles. The lowest BCUT2D eigenvalue weighted by molar-refractivity contribution is 0.346. The minimum absolute atomic E-state index is 0.594. The molecule has 1 N–H and O–H groups in total. The van der Waals surface area contributed by atoms with E-state index in [2.05, 4.69) is 31.4 Å². The summed E-state index contributed by atoms with van der Waals surface area (Å²) in [5.74, 6) is 0.852. The molecule has 0 amide bonds. The molecule has 1 aliphatic rings. The topological polar surface area (TPSA) is 12.0 Å². The molecule has 1 aromatic rings. The standard InChI is InChI=1S/C14H23NS/c1-11-9-10-13(16-11)14(15-2)12-7-5-3-4-6-8-12/h9-10,12,14-15H,3-8H2,1-2H3. The maximum Gasteiger partial charge on any atom is 0.0441 e. The van der Waals surface area contributed by atoms with Gasteiger partial charge in [-0.25, -0.2) is 0 Å². The Labute approximate surface area is 103 Å². The third-order valence-corrected chi connectivity index (χ3v) is 4.83. The molecule has 1 saturated carbocycles. The zero-order valence-corrected chi connectivity index (χ0v) is 11.3. The Kier molecular flexibility index (Phi) is 4.42. The minimum atomic E-state index is 0.594. The van der Waals surface area contributed by atoms with E-state index in [-0.39, 0.29) is 0 Å². The zero-order valence-electron chi connectivity index (χ0n) is 10.5. The highest BCUT2D eigenvalue weighted by molar-refractivity contribution is 7.12. The monoisotopic (exact) mass is 237 g/mol. The van der Waals surface area contributed by atoms with Crippen LogP contribution in [0.1, 0.15) is 54.3 Å². The highest BCUT2D eigenvalue weighted by atomic mass is 32.1. The van der Waals surface area contributed by atoms with E-state index in [0.717, 1.165) is 5.92 Å². The SMILES string of the molecule is CNC(c1ccc(C)s1)C1CCCCCC1. The first-order valence-electron chi connectivity index (χ1n) is 6.55. The Morgan fingerprint density at radius 3 is 2.38 bits per heavy atom. The summed E-state index contributed by atoms with van der Waals surface area (Å²) in [6, 6.07) is 5.16. The number of hydrogen-bond donors (Lipinski definition) is 1. The highest BCUT2D eigenvalue weighted by Crippen LogP contribution is 2.35. The van der Waals surface area contributed by atoms with Crippen LogP contribution in [-0.4, -0.2) is 7.05 Å². The molecule has 1 aliphatic carbocycles. The molecule has 0 aromatic carbocycles. The van der Waals surface area contributed by atoms with Crippen molar-refractivity contribution in [1.29, 1.82) is 0 Å². The summed E-state index contributed by atoms with van der Waals surface area (Å²) >= 11 is 1.96. The number of thiophene rings is 1. The van der Waals surface area contributed by atoms with Gasteiger partial charge in [-0.1, -0.05) is 25.7 Å². The first-order valence-corrected chi connectivity index (χ1v) is 7.36. The van der Waals surface area contributed by atoms with Crippen molar-refractivity contribution in [1.82, 2.24) is 5.32 Å². The first-order chi connectivity index (χ1) is 7.81. The van der Waals surface area contributed by atoms with Gasteiger partial charge < -0.3 is 5.32 Å². The third kappa shape index (κ3) is 2.86. The average Bonchev–Trinajstić information content (AvgIpc) is 2.55. The lowest BCUT2D eigenvalue weighted by atomic mass is 9.91. The normalized spacial score (nSPS) is 20.6. The number of nitrogens with one attached hydrogen (secondary N) is 1. The van der Waals surface area contributed by atoms with Crippen molar-refractivity contribution >= 4 is 11.3 Å². The summed E-state index contributed by atoms with van der Waals surface area (Å²) in [5.41, 5.74) is 0. The molecule has 1 aromatic heterocycles. The van der Waals surface area contributed by atoms with Crippen molar-refractivity contribution in [3.8, 4) is 0 Å². The van der Waals surface area contributed by atoms with Gasteiger partial charge in [0, 0.05) is 15.8 Å². The van der Waals surface area contributed by atoms with Crippen molar-refractivity contribution < 1.29 is 0 Å². The highest BCUT2D eigenvalue weighted by Gasteiger charge is 2.23. The fourth-order valence-electron chi connectivity index (χ4n) is 2.88. The van der Waals surface area contributed by atoms with E-state index in [1.807, 2.05) is 11.3 Å². The molecule has 2 heteroatoms. The summed E-state index contributed by atoms with van der Waals surface area (Å²) < 4.78 is 0. The molecule has 0 bridgehead atoms. The first kappa shape index (κ1) is 12.1. The predicted molar refractivity (Wildman–Crippen MR) is 72.0 cm³/mol. The van der Waals surface area contributed by atoms with Gasteiger partial charge in [-0.15, -0.1) is 11.3 Å². The third-order valence-electron chi connectivity index (χ3n) is 3.75. The largest absolute Gasteiger partial charge is 0.312 e. The molecule has 1 nitrogen and oxygen atoms in total. The van der Waals surface area contributed by atoms with Crippen molar-refractivity contribution in [2.24, 2.45) is 5.92 Å². The summed E-state index contributed by atoms with van der Waals surface area (Å²) in [7, 11) is 2.12. The second kappa shape index (κ2) is 5.83. The van der Waals surface area contributed by atoms with Crippen LogP contribution in [0.15, 0.2) is 12.1 Å². The van der Waals surface area contributed by atoms with Crippen LogP contribution in [0.3, 0.4) is 0 Å². The Morgan fingerprint density at radius 1 is 1.19 bits per heavy atom. The van der Waals surface area contributed by atoms with Crippen molar-refractivity contribution in [3.63, 3.8) is 0 Å². The Morgan fingerprint density at radius 2 is 1.88 bits per heavy atom. The van der Waals surface area contributed by atoms with Crippen LogP contribution < -0.4 is 5.32 Å². The maximum absolute atomic E-state index is 3.54. The van der Waals surface area contributed by atoms with Gasteiger partial charge in [-0.2, -0.15) is 0 Å². The van der Waals surface area contributed by atoms with Gasteiger partial charge in [-0.05, 0) is 44.9 Å². The lowest BCUT2D eigenvalue weighted by Gasteiger charge is -2.24. The molecule has 1 heterocycles. The summed E-state index contributed by atoms with van der Waals surface area (Å²) in [6.45, 7) is 2.20. The Balaban J connectivity index is 2.08. The molecule has 90 valence electrons. The number of hydrogen-bond acceptors (Lipinski definition) is 2. The predicted octanol–water partition coefficient (Wildman–Crippen LogP) is 4.29. The van der Waals surface area contributed by atoms with E-state index in [4.69, 9.17) is 0 Å². The van der Waals surface area contributed by atoms with E-state index < -0.39 is 0 Å². The molecule has 1 fully saturated rings. The molecule has 0 radical (unpaired) electrons. The van der Waals surface area contributed by atoms with Gasteiger partial charge in [0.25, 0.3) is 0 Å². The molecule has 0 aliphatic heterocycles. The van der Waals surface area contributed by atoms with Crippen LogP contribution in [0, 0.1) is 12.8 Å². The van der Waals surface area contributed by atoms with Crippen LogP contribution in [-0.2, 0) is 0 Å². The minimum Gasteiger partial charge on any atom is -0.312 e. The fourth-order valence-corrected chi connectivity index (χ4v) is 3.96. The van der Waals surface area contributed by atoms with E-state index in [1.165, 1.54) is 48.3 Å². The van der Waals surface area contributed by atoms with Crippen molar-refractivity contribution in [2.45, 2.75) is 51.5 Å². The molecule has 2 rings (SSSR count). The van der Waals surface area contributed by atoms with Crippen molar-refractivity contribution in [3.05, 3.63) is 21.9 Å². The second-order valence-corrected chi connectivity index (χ2v) is 6.29. The van der Waals surface area contributed by atoms with Crippen LogP contribution >= 0.6 is 11.3 Å². The van der Waals surface area contributed by atoms with Crippen LogP contribution in [0.4, 0.5) is 0 Å². The summed E-state index contributed by atoms with van der Waals surface area (Å²) in [6.07, 6.45) is 8.54. The van der Waals surface area contributed by atoms with Gasteiger partial charge in [-0.3, -0.25) is 0 Å². The number of rotatable bonds is 3. The molecule has 1 atom stereocenters. The molecule has 0 spiro atoms. The van der Waals surface area contributed by atoms with E-state index >= 15 is 0 Å². The van der Waals surface area contributed by atoms with E-state index in [1.54, 1.807) is 0 Å². The van der Waals surface area contributed by atoms with Crippen LogP contribution in [0.2, 0.25) is 0 Å². The van der Waals surface area contributed by atoms with Gasteiger partial charge in [0.1, 0.15) is 0 Å². The lowest BCUT2D eigenvalue weighted by Crippen LogP contribution is -2.24. The van der Waals surface area contributed by atoms with E-state index in [0.29, 0.717) is 6.04 Å². The average molecular weight is 237 g/mol. The quantitative estimate of drug-likeness (QED) is 0.773. The van der Waals surface area contributed by atoms with Crippen LogP contribution in [0.5, 0.6) is 0 Å². The van der Waals surface area contributed by atoms with Crippen molar-refractivity contribution in [2.75, 3.05) is 7.05 Å². The van der Waals surface area contributed by atoms with Gasteiger partial charge in [0.15, 0.2) is 0 Å². The van der Waals surface area contributed by atoms with Gasteiger partial charge >= 0.3 is 0 Å². The second-order valence-electron chi connectivity index (χ2n) is 4.97. The Bertz CT molecular complexity index is 310. The number of aryl methyl sites for hydroxylation is 1. The molecule has 1 unspecified atom stereocenters. The molecule has 16 heavy (non-hydrogen) atoms. The summed E-state index contributed by atoms with van der Waals surface area (Å²) in [4.78, 5) is 2.97.